The highest BCUT2D eigenvalue weighted by atomic mass is 79.9. The Kier molecular flexibility index (Phi) is 2.98. The first-order valence-electron chi connectivity index (χ1n) is 3.79. The number of carbonyl (C=O) groups is 1. The SMILES string of the molecule is CC(=O)Nc1nc(C)nc(C)c1Br. The minimum atomic E-state index is -0.141. The van der Waals surface area contributed by atoms with E-state index in [0.717, 1.165) is 10.2 Å². The van der Waals surface area contributed by atoms with Gasteiger partial charge in [-0.15, -0.1) is 0 Å². The minimum absolute atomic E-state index is 0.141. The summed E-state index contributed by atoms with van der Waals surface area (Å²) in [4.78, 5) is 19.0. The van der Waals surface area contributed by atoms with Crippen molar-refractivity contribution in [2.45, 2.75) is 20.8 Å². The van der Waals surface area contributed by atoms with Gasteiger partial charge in [0.25, 0.3) is 0 Å². The summed E-state index contributed by atoms with van der Waals surface area (Å²) in [5.74, 6) is 1.03. The van der Waals surface area contributed by atoms with Crippen LogP contribution in [0, 0.1) is 13.8 Å². The van der Waals surface area contributed by atoms with E-state index in [1.807, 2.05) is 6.92 Å². The van der Waals surface area contributed by atoms with Crippen molar-refractivity contribution in [3.63, 3.8) is 0 Å². The third kappa shape index (κ3) is 2.48. The van der Waals surface area contributed by atoms with Crippen LogP contribution in [0.5, 0.6) is 0 Å². The maximum Gasteiger partial charge on any atom is 0.222 e. The highest BCUT2D eigenvalue weighted by molar-refractivity contribution is 9.10. The zero-order valence-electron chi connectivity index (χ0n) is 7.68. The number of aromatic nitrogens is 2. The van der Waals surface area contributed by atoms with Gasteiger partial charge in [-0.05, 0) is 29.8 Å². The van der Waals surface area contributed by atoms with Crippen LogP contribution in [0.2, 0.25) is 0 Å². The maximum absolute atomic E-state index is 10.8. The summed E-state index contributed by atoms with van der Waals surface area (Å²) in [6.45, 7) is 5.08. The zero-order chi connectivity index (χ0) is 10.0. The monoisotopic (exact) mass is 243 g/mol. The maximum atomic E-state index is 10.8. The predicted molar refractivity (Wildman–Crippen MR) is 53.5 cm³/mol. The normalized spacial score (nSPS) is 9.85. The minimum Gasteiger partial charge on any atom is -0.310 e. The largest absolute Gasteiger partial charge is 0.310 e. The summed E-state index contributed by atoms with van der Waals surface area (Å²) < 4.78 is 0.730. The van der Waals surface area contributed by atoms with Crippen molar-refractivity contribution >= 4 is 27.7 Å². The molecule has 13 heavy (non-hydrogen) atoms. The number of nitrogens with one attached hydrogen (secondary N) is 1. The van der Waals surface area contributed by atoms with E-state index in [4.69, 9.17) is 0 Å². The van der Waals surface area contributed by atoms with Gasteiger partial charge in [0.05, 0.1) is 10.2 Å². The fourth-order valence-corrected chi connectivity index (χ4v) is 1.23. The summed E-state index contributed by atoms with van der Waals surface area (Å²) >= 11 is 3.30. The molecular weight excluding hydrogens is 234 g/mol. The van der Waals surface area contributed by atoms with Crippen molar-refractivity contribution in [3.05, 3.63) is 16.0 Å². The highest BCUT2D eigenvalue weighted by Crippen LogP contribution is 2.22. The average Bonchev–Trinajstić information content (AvgIpc) is 1.98. The number of amides is 1. The number of aryl methyl sites for hydroxylation is 2. The van der Waals surface area contributed by atoms with E-state index in [9.17, 15) is 4.79 Å². The van der Waals surface area contributed by atoms with Gasteiger partial charge < -0.3 is 5.32 Å². The molecule has 0 saturated carbocycles. The van der Waals surface area contributed by atoms with Gasteiger partial charge in [0, 0.05) is 6.92 Å². The number of hydrogen-bond acceptors (Lipinski definition) is 3. The Morgan fingerprint density at radius 3 is 2.54 bits per heavy atom. The molecule has 0 radical (unpaired) electrons. The summed E-state index contributed by atoms with van der Waals surface area (Å²) in [6, 6.07) is 0. The number of halogens is 1. The van der Waals surface area contributed by atoms with Gasteiger partial charge in [0.15, 0.2) is 5.82 Å². The van der Waals surface area contributed by atoms with E-state index in [1.54, 1.807) is 6.92 Å². The molecule has 0 aliphatic carbocycles. The van der Waals surface area contributed by atoms with Gasteiger partial charge in [-0.1, -0.05) is 0 Å². The Hall–Kier alpha value is -0.970. The lowest BCUT2D eigenvalue weighted by molar-refractivity contribution is -0.114. The number of anilines is 1. The second-order valence-corrected chi connectivity index (χ2v) is 3.49. The third-order valence-electron chi connectivity index (χ3n) is 1.42. The molecule has 1 rings (SSSR count). The molecule has 0 saturated heterocycles. The van der Waals surface area contributed by atoms with Crippen molar-refractivity contribution in [2.75, 3.05) is 5.32 Å². The summed E-state index contributed by atoms with van der Waals surface area (Å²) in [6.07, 6.45) is 0. The molecule has 5 heteroatoms. The van der Waals surface area contributed by atoms with Gasteiger partial charge in [-0.3, -0.25) is 4.79 Å². The Bertz CT molecular complexity index is 351. The van der Waals surface area contributed by atoms with E-state index < -0.39 is 0 Å². The molecule has 0 aliphatic rings. The van der Waals surface area contributed by atoms with Gasteiger partial charge in [0.1, 0.15) is 5.82 Å². The quantitative estimate of drug-likeness (QED) is 0.819. The van der Waals surface area contributed by atoms with Crippen molar-refractivity contribution in [1.82, 2.24) is 9.97 Å². The Labute approximate surface area is 84.9 Å². The third-order valence-corrected chi connectivity index (χ3v) is 2.37. The fourth-order valence-electron chi connectivity index (χ4n) is 0.949. The second kappa shape index (κ2) is 3.83. The molecule has 0 atom stereocenters. The molecule has 70 valence electrons. The van der Waals surface area contributed by atoms with Crippen LogP contribution < -0.4 is 5.32 Å². The van der Waals surface area contributed by atoms with Crippen LogP contribution in [0.15, 0.2) is 4.47 Å². The molecule has 0 aromatic carbocycles. The van der Waals surface area contributed by atoms with Crippen LogP contribution in [-0.4, -0.2) is 15.9 Å². The predicted octanol–water partition coefficient (Wildman–Crippen LogP) is 1.81. The molecule has 0 spiro atoms. The van der Waals surface area contributed by atoms with E-state index in [2.05, 4.69) is 31.2 Å². The Morgan fingerprint density at radius 2 is 2.00 bits per heavy atom. The van der Waals surface area contributed by atoms with Gasteiger partial charge in [-0.25, -0.2) is 9.97 Å². The zero-order valence-corrected chi connectivity index (χ0v) is 9.27. The standard InChI is InChI=1S/C8H10BrN3O/c1-4-7(9)8(12-6(3)13)11-5(2)10-4/h1-3H3,(H,10,11,12,13). The highest BCUT2D eigenvalue weighted by Gasteiger charge is 2.07. The van der Waals surface area contributed by atoms with E-state index >= 15 is 0 Å². The Balaban J connectivity index is 3.12. The van der Waals surface area contributed by atoms with Crippen LogP contribution in [0.4, 0.5) is 5.82 Å². The van der Waals surface area contributed by atoms with Crippen LogP contribution in [0.3, 0.4) is 0 Å². The molecule has 1 N–H and O–H groups in total. The first kappa shape index (κ1) is 10.1. The molecule has 0 fully saturated rings. The number of carbonyl (C=O) groups excluding carboxylic acids is 1. The van der Waals surface area contributed by atoms with E-state index in [-0.39, 0.29) is 5.91 Å². The van der Waals surface area contributed by atoms with Crippen molar-refractivity contribution in [1.29, 1.82) is 0 Å². The topological polar surface area (TPSA) is 54.9 Å². The van der Waals surface area contributed by atoms with Crippen LogP contribution >= 0.6 is 15.9 Å². The second-order valence-electron chi connectivity index (χ2n) is 2.70. The lowest BCUT2D eigenvalue weighted by atomic mass is 10.4. The molecule has 1 amide bonds. The molecule has 1 aromatic heterocycles. The lowest BCUT2D eigenvalue weighted by Crippen LogP contribution is -2.10. The average molecular weight is 244 g/mol. The molecule has 4 nitrogen and oxygen atoms in total. The first-order valence-corrected chi connectivity index (χ1v) is 4.58. The molecule has 1 aromatic rings. The van der Waals surface area contributed by atoms with Gasteiger partial charge in [0.2, 0.25) is 5.91 Å². The lowest BCUT2D eigenvalue weighted by Gasteiger charge is -2.06. The molecule has 0 unspecified atom stereocenters. The summed E-state index contributed by atoms with van der Waals surface area (Å²) in [7, 11) is 0. The smallest absolute Gasteiger partial charge is 0.222 e. The summed E-state index contributed by atoms with van der Waals surface area (Å²) in [5, 5.41) is 2.62. The van der Waals surface area contributed by atoms with Crippen molar-refractivity contribution in [3.8, 4) is 0 Å². The molecule has 0 aliphatic heterocycles. The van der Waals surface area contributed by atoms with Crippen LogP contribution in [-0.2, 0) is 4.79 Å². The van der Waals surface area contributed by atoms with Gasteiger partial charge in [-0.2, -0.15) is 0 Å². The number of rotatable bonds is 1. The fraction of sp³-hybridized carbons (Fsp3) is 0.375. The van der Waals surface area contributed by atoms with E-state index in [1.165, 1.54) is 6.92 Å². The molecule has 1 heterocycles. The van der Waals surface area contributed by atoms with Crippen LogP contribution in [0.25, 0.3) is 0 Å². The van der Waals surface area contributed by atoms with Crippen molar-refractivity contribution < 1.29 is 4.79 Å². The number of hydrogen-bond donors (Lipinski definition) is 1. The number of nitrogens with zero attached hydrogens (tertiary/aromatic N) is 2. The molecular formula is C8H10BrN3O. The molecule has 0 bridgehead atoms. The van der Waals surface area contributed by atoms with E-state index in [0.29, 0.717) is 11.6 Å². The first-order chi connectivity index (χ1) is 6.00. The summed E-state index contributed by atoms with van der Waals surface area (Å²) in [5.41, 5.74) is 0.816. The van der Waals surface area contributed by atoms with Gasteiger partial charge >= 0.3 is 0 Å². The Morgan fingerprint density at radius 1 is 1.38 bits per heavy atom. The van der Waals surface area contributed by atoms with Crippen LogP contribution in [0.1, 0.15) is 18.4 Å². The van der Waals surface area contributed by atoms with Crippen molar-refractivity contribution in [2.24, 2.45) is 0 Å².